The fourth-order valence-electron chi connectivity index (χ4n) is 2.02. The molecule has 0 aliphatic carbocycles. The van der Waals surface area contributed by atoms with Gasteiger partial charge in [0.2, 0.25) is 0 Å². The summed E-state index contributed by atoms with van der Waals surface area (Å²) in [6.45, 7) is 0. The van der Waals surface area contributed by atoms with E-state index in [1.54, 1.807) is 41.2 Å². The first-order valence-corrected chi connectivity index (χ1v) is 7.78. The van der Waals surface area contributed by atoms with Crippen molar-refractivity contribution < 1.29 is 12.8 Å². The number of rotatable bonds is 2. The molecule has 0 bridgehead atoms. The fourth-order valence-corrected chi connectivity index (χ4v) is 2.66. The van der Waals surface area contributed by atoms with Crippen molar-refractivity contribution in [2.45, 2.75) is 4.90 Å². The molecule has 102 valence electrons. The highest BCUT2D eigenvalue weighted by Gasteiger charge is 2.11. The lowest BCUT2D eigenvalue weighted by atomic mass is 10.2. The van der Waals surface area contributed by atoms with Gasteiger partial charge in [-0.05, 0) is 42.5 Å². The van der Waals surface area contributed by atoms with Crippen molar-refractivity contribution >= 4 is 20.7 Å². The van der Waals surface area contributed by atoms with Gasteiger partial charge in [0.05, 0.1) is 22.3 Å². The predicted octanol–water partition coefficient (Wildman–Crippen LogP) is 2.57. The molecule has 0 amide bonds. The van der Waals surface area contributed by atoms with Gasteiger partial charge >= 0.3 is 0 Å². The van der Waals surface area contributed by atoms with Crippen molar-refractivity contribution in [2.24, 2.45) is 0 Å². The summed E-state index contributed by atoms with van der Waals surface area (Å²) < 4.78 is 37.8. The maximum absolute atomic E-state index is 13.0. The van der Waals surface area contributed by atoms with Gasteiger partial charge in [-0.3, -0.25) is 0 Å². The standard InChI is InChI=1S/C14H11FN2O2S/c1-20(18,19)13-7-2-10-9-16-17(14(10)8-13)12-5-3-11(15)4-6-12/h2-9H,1H3. The van der Waals surface area contributed by atoms with E-state index in [0.29, 0.717) is 11.2 Å². The molecule has 0 N–H and O–H groups in total. The number of aromatic nitrogens is 2. The van der Waals surface area contributed by atoms with E-state index in [2.05, 4.69) is 5.10 Å². The third-order valence-corrected chi connectivity index (χ3v) is 4.15. The molecule has 0 fully saturated rings. The molecule has 0 aliphatic heterocycles. The van der Waals surface area contributed by atoms with Gasteiger partial charge in [0.1, 0.15) is 5.82 Å². The van der Waals surface area contributed by atoms with E-state index in [0.717, 1.165) is 11.6 Å². The Hall–Kier alpha value is -2.21. The van der Waals surface area contributed by atoms with Crippen LogP contribution in [-0.4, -0.2) is 24.5 Å². The molecule has 0 unspecified atom stereocenters. The molecule has 0 saturated carbocycles. The second kappa shape index (κ2) is 4.42. The molecule has 20 heavy (non-hydrogen) atoms. The van der Waals surface area contributed by atoms with Crippen LogP contribution in [0.2, 0.25) is 0 Å². The van der Waals surface area contributed by atoms with Crippen molar-refractivity contribution in [1.82, 2.24) is 9.78 Å². The van der Waals surface area contributed by atoms with Gasteiger partial charge in [0, 0.05) is 11.6 Å². The summed E-state index contributed by atoms with van der Waals surface area (Å²) in [7, 11) is -3.28. The number of hydrogen-bond donors (Lipinski definition) is 0. The van der Waals surface area contributed by atoms with Crippen LogP contribution in [0.15, 0.2) is 53.6 Å². The average molecular weight is 290 g/mol. The Bertz CT molecular complexity index is 883. The normalized spacial score (nSPS) is 11.9. The number of nitrogens with zero attached hydrogens (tertiary/aromatic N) is 2. The van der Waals surface area contributed by atoms with Gasteiger partial charge in [-0.2, -0.15) is 5.10 Å². The SMILES string of the molecule is CS(=O)(=O)c1ccc2cnn(-c3ccc(F)cc3)c2c1. The lowest BCUT2D eigenvalue weighted by Crippen LogP contribution is -1.99. The Morgan fingerprint density at radius 2 is 1.80 bits per heavy atom. The van der Waals surface area contributed by atoms with Crippen LogP contribution in [-0.2, 0) is 9.84 Å². The second-order valence-electron chi connectivity index (χ2n) is 4.53. The van der Waals surface area contributed by atoms with Crippen LogP contribution in [0.3, 0.4) is 0 Å². The molecule has 2 aromatic carbocycles. The summed E-state index contributed by atoms with van der Waals surface area (Å²) >= 11 is 0. The first-order chi connectivity index (χ1) is 9.45. The fraction of sp³-hybridized carbons (Fsp3) is 0.0714. The highest BCUT2D eigenvalue weighted by molar-refractivity contribution is 7.90. The molecular formula is C14H11FN2O2S. The molecule has 0 radical (unpaired) electrons. The van der Waals surface area contributed by atoms with Gasteiger partial charge in [0.15, 0.2) is 9.84 Å². The van der Waals surface area contributed by atoms with Crippen LogP contribution >= 0.6 is 0 Å². The maximum Gasteiger partial charge on any atom is 0.175 e. The second-order valence-corrected chi connectivity index (χ2v) is 6.54. The minimum absolute atomic E-state index is 0.230. The predicted molar refractivity (Wildman–Crippen MR) is 74.1 cm³/mol. The number of halogens is 1. The van der Waals surface area contributed by atoms with E-state index in [1.165, 1.54) is 12.1 Å². The van der Waals surface area contributed by atoms with Crippen LogP contribution in [0.1, 0.15) is 0 Å². The molecule has 0 atom stereocenters. The number of benzene rings is 2. The van der Waals surface area contributed by atoms with Gasteiger partial charge in [0.25, 0.3) is 0 Å². The lowest BCUT2D eigenvalue weighted by molar-refractivity contribution is 0.602. The zero-order valence-corrected chi connectivity index (χ0v) is 11.4. The van der Waals surface area contributed by atoms with E-state index >= 15 is 0 Å². The summed E-state index contributed by atoms with van der Waals surface area (Å²) in [6, 6.07) is 10.7. The first-order valence-electron chi connectivity index (χ1n) is 5.89. The molecule has 3 aromatic rings. The average Bonchev–Trinajstić information content (AvgIpc) is 2.81. The summed E-state index contributed by atoms with van der Waals surface area (Å²) in [5, 5.41) is 5.04. The van der Waals surface area contributed by atoms with Crippen LogP contribution < -0.4 is 0 Å². The maximum atomic E-state index is 13.0. The molecule has 0 saturated heterocycles. The van der Waals surface area contributed by atoms with Crippen LogP contribution in [0, 0.1) is 5.82 Å². The van der Waals surface area contributed by atoms with Gasteiger partial charge in [-0.1, -0.05) is 0 Å². The zero-order valence-electron chi connectivity index (χ0n) is 10.6. The molecule has 6 heteroatoms. The Morgan fingerprint density at radius 1 is 1.10 bits per heavy atom. The summed E-state index contributed by atoms with van der Waals surface area (Å²) in [4.78, 5) is 0.230. The van der Waals surface area contributed by atoms with Crippen LogP contribution in [0.4, 0.5) is 4.39 Å². The Labute approximate surface area is 115 Å². The number of sulfone groups is 1. The Kier molecular flexibility index (Phi) is 2.83. The Morgan fingerprint density at radius 3 is 2.45 bits per heavy atom. The molecule has 1 heterocycles. The minimum atomic E-state index is -3.28. The van der Waals surface area contributed by atoms with E-state index < -0.39 is 9.84 Å². The Balaban J connectivity index is 2.24. The van der Waals surface area contributed by atoms with Crippen molar-refractivity contribution in [3.8, 4) is 5.69 Å². The monoisotopic (exact) mass is 290 g/mol. The summed E-state index contributed by atoms with van der Waals surface area (Å²) in [6.07, 6.45) is 2.80. The lowest BCUT2D eigenvalue weighted by Gasteiger charge is -2.04. The molecule has 1 aromatic heterocycles. The summed E-state index contributed by atoms with van der Waals surface area (Å²) in [5.74, 6) is -0.331. The van der Waals surface area contributed by atoms with E-state index in [9.17, 15) is 12.8 Å². The minimum Gasteiger partial charge on any atom is -0.233 e. The molecule has 4 nitrogen and oxygen atoms in total. The number of hydrogen-bond acceptors (Lipinski definition) is 3. The van der Waals surface area contributed by atoms with Gasteiger partial charge in [-0.25, -0.2) is 17.5 Å². The third kappa shape index (κ3) is 2.18. The topological polar surface area (TPSA) is 52.0 Å². The van der Waals surface area contributed by atoms with Gasteiger partial charge < -0.3 is 0 Å². The highest BCUT2D eigenvalue weighted by atomic mass is 32.2. The van der Waals surface area contributed by atoms with Crippen molar-refractivity contribution in [3.05, 3.63) is 54.5 Å². The molecular weight excluding hydrogens is 279 g/mol. The summed E-state index contributed by atoms with van der Waals surface area (Å²) in [5.41, 5.74) is 1.34. The number of fused-ring (bicyclic) bond motifs is 1. The van der Waals surface area contributed by atoms with Gasteiger partial charge in [-0.15, -0.1) is 0 Å². The quantitative estimate of drug-likeness (QED) is 0.729. The molecule has 0 spiro atoms. The smallest absolute Gasteiger partial charge is 0.175 e. The van der Waals surface area contributed by atoms with E-state index in [1.807, 2.05) is 0 Å². The largest absolute Gasteiger partial charge is 0.233 e. The first kappa shape index (κ1) is 12.8. The van der Waals surface area contributed by atoms with Crippen molar-refractivity contribution in [2.75, 3.05) is 6.26 Å². The molecule has 3 rings (SSSR count). The van der Waals surface area contributed by atoms with Crippen LogP contribution in [0.5, 0.6) is 0 Å². The van der Waals surface area contributed by atoms with E-state index in [-0.39, 0.29) is 10.7 Å². The molecule has 0 aliphatic rings. The third-order valence-electron chi connectivity index (χ3n) is 3.04. The van der Waals surface area contributed by atoms with E-state index in [4.69, 9.17) is 0 Å². The van der Waals surface area contributed by atoms with Crippen molar-refractivity contribution in [3.63, 3.8) is 0 Å². The van der Waals surface area contributed by atoms with Crippen LogP contribution in [0.25, 0.3) is 16.6 Å². The zero-order chi connectivity index (χ0) is 14.3. The highest BCUT2D eigenvalue weighted by Crippen LogP contribution is 2.22. The van der Waals surface area contributed by atoms with Crippen molar-refractivity contribution in [1.29, 1.82) is 0 Å².